The fourth-order valence-corrected chi connectivity index (χ4v) is 4.25. The summed E-state index contributed by atoms with van der Waals surface area (Å²) in [5, 5.41) is 0. The largest absolute Gasteiger partial charge is 0.514 e. The molecule has 116 valence electrons. The van der Waals surface area contributed by atoms with E-state index in [1.807, 2.05) is 66.7 Å². The Bertz CT molecular complexity index is 660. The first-order valence-electron chi connectivity index (χ1n) is 7.81. The van der Waals surface area contributed by atoms with Crippen molar-refractivity contribution in [2.45, 2.75) is 12.5 Å². The summed E-state index contributed by atoms with van der Waals surface area (Å²) in [6.07, 6.45) is 0. The van der Waals surface area contributed by atoms with Gasteiger partial charge in [0.2, 0.25) is 0 Å². The van der Waals surface area contributed by atoms with Crippen molar-refractivity contribution in [2.24, 2.45) is 0 Å². The number of hydrogen-bond donors (Lipinski definition) is 0. The minimum Gasteiger partial charge on any atom is -0.514 e. The van der Waals surface area contributed by atoms with Crippen molar-refractivity contribution in [3.63, 3.8) is 0 Å². The molecule has 1 atom stereocenters. The summed E-state index contributed by atoms with van der Waals surface area (Å²) in [5.41, 5.74) is 1.48. The second-order valence-corrected chi connectivity index (χ2v) is 7.64. The molecule has 0 aliphatic carbocycles. The second kappa shape index (κ2) is 7.65. The molecule has 0 heterocycles. The highest BCUT2D eigenvalue weighted by molar-refractivity contribution is 6.48. The molecule has 3 rings (SSSR count). The molecule has 0 bridgehead atoms. The maximum absolute atomic E-state index is 6.25. The van der Waals surface area contributed by atoms with Crippen LogP contribution in [-0.4, -0.2) is 9.28 Å². The Morgan fingerprint density at radius 2 is 1.00 bits per heavy atom. The van der Waals surface area contributed by atoms with Gasteiger partial charge in [-0.15, -0.1) is 0 Å². The van der Waals surface area contributed by atoms with Crippen LogP contribution in [0.2, 0.25) is 0 Å². The maximum atomic E-state index is 6.25. The number of hydrogen-bond acceptors (Lipinski definition) is 2. The SMILES string of the molecule is CC(c1ccccc1)[SiH](Oc1ccccc1)Oc1ccccc1. The normalized spacial score (nSPS) is 11.9. The zero-order chi connectivity index (χ0) is 15.9. The molecule has 0 amide bonds. The number of benzene rings is 3. The Balaban J connectivity index is 1.83. The third kappa shape index (κ3) is 4.24. The van der Waals surface area contributed by atoms with Crippen LogP contribution in [0.4, 0.5) is 0 Å². The van der Waals surface area contributed by atoms with Crippen molar-refractivity contribution < 1.29 is 8.85 Å². The van der Waals surface area contributed by atoms with E-state index in [2.05, 4.69) is 31.2 Å². The van der Waals surface area contributed by atoms with Crippen molar-refractivity contribution in [3.05, 3.63) is 96.6 Å². The van der Waals surface area contributed by atoms with Crippen LogP contribution in [-0.2, 0) is 0 Å². The highest BCUT2D eigenvalue weighted by Gasteiger charge is 2.27. The highest BCUT2D eigenvalue weighted by atomic mass is 28.3. The van der Waals surface area contributed by atoms with Crippen LogP contribution in [0.3, 0.4) is 0 Å². The van der Waals surface area contributed by atoms with Gasteiger partial charge in [0, 0.05) is 5.54 Å². The molecule has 3 aromatic carbocycles. The van der Waals surface area contributed by atoms with Crippen molar-refractivity contribution >= 4 is 9.28 Å². The van der Waals surface area contributed by atoms with Gasteiger partial charge in [-0.1, -0.05) is 73.7 Å². The summed E-state index contributed by atoms with van der Waals surface area (Å²) in [4.78, 5) is 0. The van der Waals surface area contributed by atoms with E-state index in [-0.39, 0.29) is 5.54 Å². The van der Waals surface area contributed by atoms with E-state index in [1.54, 1.807) is 0 Å². The second-order valence-electron chi connectivity index (χ2n) is 5.43. The van der Waals surface area contributed by atoms with Crippen molar-refractivity contribution in [1.29, 1.82) is 0 Å². The summed E-state index contributed by atoms with van der Waals surface area (Å²) in [5.74, 6) is 1.73. The molecule has 0 aliphatic rings. The molecule has 23 heavy (non-hydrogen) atoms. The predicted octanol–water partition coefficient (Wildman–Crippen LogP) is 4.71. The Morgan fingerprint density at radius 1 is 0.609 bits per heavy atom. The molecule has 3 heteroatoms. The number of para-hydroxylation sites is 2. The lowest BCUT2D eigenvalue weighted by atomic mass is 10.2. The van der Waals surface area contributed by atoms with Gasteiger partial charge in [0.15, 0.2) is 0 Å². The zero-order valence-corrected chi connectivity index (χ0v) is 14.3. The minimum atomic E-state index is -2.01. The van der Waals surface area contributed by atoms with Gasteiger partial charge in [0.1, 0.15) is 11.5 Å². The molecule has 0 saturated carbocycles. The Hall–Kier alpha value is -2.52. The van der Waals surface area contributed by atoms with Gasteiger partial charge in [-0.05, 0) is 29.8 Å². The van der Waals surface area contributed by atoms with Gasteiger partial charge < -0.3 is 8.85 Å². The van der Waals surface area contributed by atoms with Crippen LogP contribution >= 0.6 is 0 Å². The molecule has 0 spiro atoms. The van der Waals surface area contributed by atoms with Crippen molar-refractivity contribution in [3.8, 4) is 11.5 Å². The molecule has 0 radical (unpaired) electrons. The first-order valence-corrected chi connectivity index (χ1v) is 9.42. The molecular weight excluding hydrogens is 300 g/mol. The van der Waals surface area contributed by atoms with E-state index in [0.717, 1.165) is 11.5 Å². The van der Waals surface area contributed by atoms with Gasteiger partial charge in [-0.2, -0.15) is 0 Å². The van der Waals surface area contributed by atoms with E-state index in [0.29, 0.717) is 0 Å². The average Bonchev–Trinajstić information content (AvgIpc) is 2.63. The quantitative estimate of drug-likeness (QED) is 0.613. The summed E-state index contributed by atoms with van der Waals surface area (Å²) < 4.78 is 12.5. The topological polar surface area (TPSA) is 18.5 Å². The number of rotatable bonds is 6. The summed E-state index contributed by atoms with van der Waals surface area (Å²) in [6.45, 7) is 2.18. The Morgan fingerprint density at radius 3 is 1.43 bits per heavy atom. The van der Waals surface area contributed by atoms with E-state index in [9.17, 15) is 0 Å². The average molecular weight is 320 g/mol. The van der Waals surface area contributed by atoms with Crippen LogP contribution in [0.1, 0.15) is 18.0 Å². The fraction of sp³-hybridized carbons (Fsp3) is 0.100. The van der Waals surface area contributed by atoms with Gasteiger partial charge in [-0.25, -0.2) is 0 Å². The van der Waals surface area contributed by atoms with Gasteiger partial charge >= 0.3 is 9.28 Å². The molecule has 0 fully saturated rings. The predicted molar refractivity (Wildman–Crippen MR) is 96.1 cm³/mol. The van der Waals surface area contributed by atoms with E-state index in [1.165, 1.54) is 5.56 Å². The summed E-state index contributed by atoms with van der Waals surface area (Å²) in [6, 6.07) is 30.2. The van der Waals surface area contributed by atoms with Crippen LogP contribution in [0.5, 0.6) is 11.5 Å². The summed E-state index contributed by atoms with van der Waals surface area (Å²) in [7, 11) is -2.01. The van der Waals surface area contributed by atoms with E-state index < -0.39 is 9.28 Å². The smallest absolute Gasteiger partial charge is 0.451 e. The Kier molecular flexibility index (Phi) is 5.12. The van der Waals surface area contributed by atoms with Gasteiger partial charge in [0.05, 0.1) is 0 Å². The van der Waals surface area contributed by atoms with Crippen LogP contribution < -0.4 is 8.85 Å². The highest BCUT2D eigenvalue weighted by Crippen LogP contribution is 2.24. The lowest BCUT2D eigenvalue weighted by Crippen LogP contribution is -2.36. The summed E-state index contributed by atoms with van der Waals surface area (Å²) >= 11 is 0. The first kappa shape index (κ1) is 15.4. The van der Waals surface area contributed by atoms with Crippen LogP contribution in [0, 0.1) is 0 Å². The zero-order valence-electron chi connectivity index (χ0n) is 13.1. The van der Waals surface area contributed by atoms with Crippen LogP contribution in [0.25, 0.3) is 0 Å². The molecule has 0 aromatic heterocycles. The Labute approximate surface area is 139 Å². The molecule has 0 saturated heterocycles. The van der Waals surface area contributed by atoms with Gasteiger partial charge in [0.25, 0.3) is 0 Å². The first-order chi connectivity index (χ1) is 11.3. The van der Waals surface area contributed by atoms with Gasteiger partial charge in [-0.3, -0.25) is 0 Å². The molecule has 0 N–H and O–H groups in total. The lowest BCUT2D eigenvalue weighted by molar-refractivity contribution is 0.408. The lowest BCUT2D eigenvalue weighted by Gasteiger charge is -2.24. The molecular formula is C20H20O2Si. The minimum absolute atomic E-state index is 0.233. The van der Waals surface area contributed by atoms with Crippen LogP contribution in [0.15, 0.2) is 91.0 Å². The monoisotopic (exact) mass is 320 g/mol. The maximum Gasteiger partial charge on any atom is 0.451 e. The molecule has 3 aromatic rings. The molecule has 2 nitrogen and oxygen atoms in total. The third-order valence-corrected chi connectivity index (χ3v) is 5.93. The third-order valence-electron chi connectivity index (χ3n) is 3.72. The van der Waals surface area contributed by atoms with Crippen molar-refractivity contribution in [1.82, 2.24) is 0 Å². The van der Waals surface area contributed by atoms with E-state index in [4.69, 9.17) is 8.85 Å². The molecule has 1 unspecified atom stereocenters. The fourth-order valence-electron chi connectivity index (χ4n) is 2.41. The standard InChI is InChI=1S/C20H20O2Si/c1-17(18-11-5-2-6-12-18)23(21-19-13-7-3-8-14-19)22-20-15-9-4-10-16-20/h2-17,23H,1H3. The van der Waals surface area contributed by atoms with Crippen molar-refractivity contribution in [2.75, 3.05) is 0 Å². The molecule has 0 aliphatic heterocycles. The van der Waals surface area contributed by atoms with E-state index >= 15 is 0 Å².